The summed E-state index contributed by atoms with van der Waals surface area (Å²) in [5, 5.41) is 9.03. The number of likely N-dealkylation sites (tertiary alicyclic amines) is 1. The fraction of sp³-hybridized carbons (Fsp3) is 0.588. The predicted molar refractivity (Wildman–Crippen MR) is 86.9 cm³/mol. The monoisotopic (exact) mass is 321 g/mol. The van der Waals surface area contributed by atoms with Crippen LogP contribution in [0.4, 0.5) is 10.1 Å². The molecule has 0 aliphatic carbocycles. The fourth-order valence-corrected chi connectivity index (χ4v) is 3.58. The Morgan fingerprint density at radius 3 is 2.48 bits per heavy atom. The first-order valence-corrected chi connectivity index (χ1v) is 8.30. The number of anilines is 1. The molecule has 2 fully saturated rings. The Balaban J connectivity index is 1.54. The Bertz CT molecular complexity index is 529. The molecule has 1 N–H and O–H groups in total. The second kappa shape index (κ2) is 7.27. The standard InChI is InChI=1S/C17H24FN3O2/c18-14-3-5-15(6-4-14)19-8-10-20(11-9-19)16-2-1-7-21(12-16)17(23)13-22/h3-6,16,22H,1-2,7-13H2. The van der Waals surface area contributed by atoms with Gasteiger partial charge in [0.25, 0.3) is 0 Å². The Morgan fingerprint density at radius 1 is 1.13 bits per heavy atom. The number of piperidine rings is 1. The number of aliphatic hydroxyl groups excluding tert-OH is 1. The first-order valence-electron chi connectivity index (χ1n) is 8.30. The van der Waals surface area contributed by atoms with Crippen LogP contribution in [0.5, 0.6) is 0 Å². The molecular formula is C17H24FN3O2. The van der Waals surface area contributed by atoms with Crippen molar-refractivity contribution in [3.05, 3.63) is 30.1 Å². The minimum Gasteiger partial charge on any atom is -0.387 e. The molecule has 3 rings (SSSR count). The fourth-order valence-electron chi connectivity index (χ4n) is 3.58. The Labute approximate surface area is 136 Å². The molecule has 1 atom stereocenters. The molecule has 0 spiro atoms. The van der Waals surface area contributed by atoms with Crippen molar-refractivity contribution in [2.45, 2.75) is 18.9 Å². The summed E-state index contributed by atoms with van der Waals surface area (Å²) in [5.41, 5.74) is 1.06. The van der Waals surface area contributed by atoms with Crippen LogP contribution in [0.2, 0.25) is 0 Å². The third-order valence-corrected chi connectivity index (χ3v) is 4.91. The Morgan fingerprint density at radius 2 is 1.83 bits per heavy atom. The minimum absolute atomic E-state index is 0.167. The van der Waals surface area contributed by atoms with Gasteiger partial charge in [-0.1, -0.05) is 0 Å². The van der Waals surface area contributed by atoms with Crippen molar-refractivity contribution in [3.63, 3.8) is 0 Å². The number of aliphatic hydroxyl groups is 1. The summed E-state index contributed by atoms with van der Waals surface area (Å²) in [6.45, 7) is 4.80. The third-order valence-electron chi connectivity index (χ3n) is 4.91. The van der Waals surface area contributed by atoms with Crippen molar-refractivity contribution in [1.82, 2.24) is 9.80 Å². The highest BCUT2D eigenvalue weighted by Crippen LogP contribution is 2.21. The Kier molecular flexibility index (Phi) is 5.13. The molecule has 0 bridgehead atoms. The molecule has 1 aromatic rings. The number of carbonyl (C=O) groups is 1. The van der Waals surface area contributed by atoms with E-state index in [1.54, 1.807) is 4.90 Å². The molecule has 5 nitrogen and oxygen atoms in total. The molecule has 126 valence electrons. The summed E-state index contributed by atoms with van der Waals surface area (Å²) in [6.07, 6.45) is 2.10. The van der Waals surface area contributed by atoms with Crippen LogP contribution in [0.15, 0.2) is 24.3 Å². The van der Waals surface area contributed by atoms with Gasteiger partial charge in [0.05, 0.1) is 0 Å². The zero-order valence-electron chi connectivity index (χ0n) is 13.3. The maximum atomic E-state index is 13.0. The summed E-state index contributed by atoms with van der Waals surface area (Å²) >= 11 is 0. The van der Waals surface area contributed by atoms with Crippen LogP contribution in [-0.2, 0) is 4.79 Å². The molecule has 1 amide bonds. The number of hydrogen-bond acceptors (Lipinski definition) is 4. The molecule has 2 heterocycles. The first kappa shape index (κ1) is 16.2. The van der Waals surface area contributed by atoms with E-state index in [2.05, 4.69) is 9.80 Å². The summed E-state index contributed by atoms with van der Waals surface area (Å²) in [4.78, 5) is 18.2. The first-order chi connectivity index (χ1) is 11.2. The largest absolute Gasteiger partial charge is 0.387 e. The molecule has 2 aliphatic heterocycles. The van der Waals surface area contributed by atoms with Gasteiger partial charge in [-0.3, -0.25) is 9.69 Å². The highest BCUT2D eigenvalue weighted by molar-refractivity contribution is 5.77. The van der Waals surface area contributed by atoms with E-state index in [4.69, 9.17) is 5.11 Å². The molecule has 0 aromatic heterocycles. The topological polar surface area (TPSA) is 47.0 Å². The van der Waals surface area contributed by atoms with E-state index in [-0.39, 0.29) is 11.7 Å². The predicted octanol–water partition coefficient (Wildman–Crippen LogP) is 0.931. The number of rotatable bonds is 3. The van der Waals surface area contributed by atoms with Gasteiger partial charge in [0.2, 0.25) is 5.91 Å². The SMILES string of the molecule is O=C(CO)N1CCCC(N2CCN(c3ccc(F)cc3)CC2)C1. The molecule has 6 heteroatoms. The zero-order chi connectivity index (χ0) is 16.2. The summed E-state index contributed by atoms with van der Waals surface area (Å²) in [5.74, 6) is -0.372. The van der Waals surface area contributed by atoms with Crippen molar-refractivity contribution in [2.24, 2.45) is 0 Å². The molecule has 2 saturated heterocycles. The van der Waals surface area contributed by atoms with Crippen molar-refractivity contribution in [2.75, 3.05) is 50.8 Å². The van der Waals surface area contributed by atoms with Crippen molar-refractivity contribution in [3.8, 4) is 0 Å². The van der Waals surface area contributed by atoms with Gasteiger partial charge < -0.3 is 14.9 Å². The number of piperazine rings is 1. The van der Waals surface area contributed by atoms with Gasteiger partial charge >= 0.3 is 0 Å². The van der Waals surface area contributed by atoms with Crippen LogP contribution < -0.4 is 4.90 Å². The van der Waals surface area contributed by atoms with Gasteiger partial charge in [0.1, 0.15) is 12.4 Å². The Hall–Kier alpha value is -1.66. The summed E-state index contributed by atoms with van der Waals surface area (Å²) < 4.78 is 13.0. The molecule has 23 heavy (non-hydrogen) atoms. The van der Waals surface area contributed by atoms with E-state index in [0.29, 0.717) is 6.04 Å². The van der Waals surface area contributed by atoms with Gasteiger partial charge in [-0.05, 0) is 37.1 Å². The van der Waals surface area contributed by atoms with Gasteiger partial charge in [0.15, 0.2) is 0 Å². The number of halogens is 1. The molecular weight excluding hydrogens is 297 g/mol. The third kappa shape index (κ3) is 3.82. The molecule has 2 aliphatic rings. The molecule has 1 unspecified atom stereocenters. The van der Waals surface area contributed by atoms with Crippen molar-refractivity contribution in [1.29, 1.82) is 0 Å². The second-order valence-electron chi connectivity index (χ2n) is 6.29. The quantitative estimate of drug-likeness (QED) is 0.900. The highest BCUT2D eigenvalue weighted by Gasteiger charge is 2.29. The van der Waals surface area contributed by atoms with Crippen LogP contribution in [0.3, 0.4) is 0 Å². The number of nitrogens with zero attached hydrogens (tertiary/aromatic N) is 3. The maximum absolute atomic E-state index is 13.0. The lowest BCUT2D eigenvalue weighted by molar-refractivity contribution is -0.136. The van der Waals surface area contributed by atoms with Crippen LogP contribution in [0, 0.1) is 5.82 Å². The highest BCUT2D eigenvalue weighted by atomic mass is 19.1. The van der Waals surface area contributed by atoms with E-state index in [9.17, 15) is 9.18 Å². The number of benzene rings is 1. The van der Waals surface area contributed by atoms with E-state index in [1.807, 2.05) is 12.1 Å². The average Bonchev–Trinajstić information content (AvgIpc) is 2.62. The lowest BCUT2D eigenvalue weighted by atomic mass is 10.0. The van der Waals surface area contributed by atoms with Crippen LogP contribution in [0.25, 0.3) is 0 Å². The summed E-state index contributed by atoms with van der Waals surface area (Å²) in [7, 11) is 0. The van der Waals surface area contributed by atoms with E-state index in [1.165, 1.54) is 12.1 Å². The number of amides is 1. The number of hydrogen-bond donors (Lipinski definition) is 1. The van der Waals surface area contributed by atoms with E-state index >= 15 is 0 Å². The smallest absolute Gasteiger partial charge is 0.248 e. The van der Waals surface area contributed by atoms with Crippen molar-refractivity contribution < 1.29 is 14.3 Å². The van der Waals surface area contributed by atoms with Crippen LogP contribution >= 0.6 is 0 Å². The van der Waals surface area contributed by atoms with Gasteiger partial charge in [-0.15, -0.1) is 0 Å². The van der Waals surface area contributed by atoms with E-state index < -0.39 is 6.61 Å². The summed E-state index contributed by atoms with van der Waals surface area (Å²) in [6, 6.07) is 7.04. The minimum atomic E-state index is -0.398. The lowest BCUT2D eigenvalue weighted by Crippen LogP contribution is -2.56. The maximum Gasteiger partial charge on any atom is 0.248 e. The van der Waals surface area contributed by atoms with E-state index in [0.717, 1.165) is 57.8 Å². The van der Waals surface area contributed by atoms with Crippen molar-refractivity contribution >= 4 is 11.6 Å². The molecule has 1 aromatic carbocycles. The van der Waals surface area contributed by atoms with Crippen LogP contribution in [-0.4, -0.2) is 72.7 Å². The van der Waals surface area contributed by atoms with Gasteiger partial charge in [-0.2, -0.15) is 0 Å². The van der Waals surface area contributed by atoms with Crippen LogP contribution in [0.1, 0.15) is 12.8 Å². The van der Waals surface area contributed by atoms with Gasteiger partial charge in [0, 0.05) is 51.0 Å². The molecule has 0 saturated carbocycles. The molecule has 0 radical (unpaired) electrons. The zero-order valence-corrected chi connectivity index (χ0v) is 13.3. The lowest BCUT2D eigenvalue weighted by Gasteiger charge is -2.43. The normalized spacial score (nSPS) is 23.1. The average molecular weight is 321 g/mol. The van der Waals surface area contributed by atoms with Gasteiger partial charge in [-0.25, -0.2) is 4.39 Å². The second-order valence-corrected chi connectivity index (χ2v) is 6.29. The number of carbonyl (C=O) groups excluding carboxylic acids is 1.